The summed E-state index contributed by atoms with van der Waals surface area (Å²) in [7, 11) is -3.41. The molecule has 0 unspecified atom stereocenters. The topological polar surface area (TPSA) is 70.8 Å². The summed E-state index contributed by atoms with van der Waals surface area (Å²) in [5, 5.41) is 8.73. The molecule has 1 fully saturated rings. The average molecular weight is 264 g/mol. The molecule has 0 N–H and O–H groups in total. The van der Waals surface area contributed by atoms with Crippen LogP contribution in [0.15, 0.2) is 17.2 Å². The summed E-state index contributed by atoms with van der Waals surface area (Å²) >= 11 is 0. The molecule has 0 atom stereocenters. The van der Waals surface area contributed by atoms with Gasteiger partial charge < -0.3 is 0 Å². The Morgan fingerprint density at radius 2 is 2.11 bits per heavy atom. The second-order valence-corrected chi connectivity index (χ2v) is 6.73. The molecule has 0 amide bonds. The van der Waals surface area contributed by atoms with Crippen LogP contribution in [0.2, 0.25) is 0 Å². The highest BCUT2D eigenvalue weighted by Crippen LogP contribution is 2.32. The lowest BCUT2D eigenvalue weighted by Gasteiger charge is -2.14. The highest BCUT2D eigenvalue weighted by atomic mass is 32.2. The van der Waals surface area contributed by atoms with Crippen molar-refractivity contribution in [1.82, 2.24) is 4.98 Å². The molecule has 1 aromatic rings. The van der Waals surface area contributed by atoms with Crippen molar-refractivity contribution in [3.63, 3.8) is 0 Å². The third kappa shape index (κ3) is 2.13. The van der Waals surface area contributed by atoms with Crippen molar-refractivity contribution < 1.29 is 8.42 Å². The Morgan fingerprint density at radius 3 is 2.67 bits per heavy atom. The Hall–Kier alpha value is -1.41. The lowest BCUT2D eigenvalue weighted by Crippen LogP contribution is -2.21. The van der Waals surface area contributed by atoms with Gasteiger partial charge in [0.25, 0.3) is 0 Å². The number of hydrogen-bond donors (Lipinski definition) is 0. The van der Waals surface area contributed by atoms with Gasteiger partial charge in [-0.25, -0.2) is 13.4 Å². The first kappa shape index (κ1) is 13.0. The van der Waals surface area contributed by atoms with Gasteiger partial charge in [-0.3, -0.25) is 0 Å². The molecule has 4 nitrogen and oxygen atoms in total. The monoisotopic (exact) mass is 264 g/mol. The number of rotatable bonds is 3. The fraction of sp³-hybridized carbons (Fsp3) is 0.538. The molecule has 0 bridgehead atoms. The normalized spacial score (nSPS) is 16.7. The fourth-order valence-corrected chi connectivity index (χ4v) is 4.76. The minimum absolute atomic E-state index is 0.0428. The van der Waals surface area contributed by atoms with Crippen molar-refractivity contribution >= 4 is 9.84 Å². The van der Waals surface area contributed by atoms with E-state index in [-0.39, 0.29) is 15.8 Å². The smallest absolute Gasteiger partial charge is 0.184 e. The molecule has 2 rings (SSSR count). The quantitative estimate of drug-likeness (QED) is 0.839. The molecule has 0 aromatic carbocycles. The Balaban J connectivity index is 2.59. The lowest BCUT2D eigenvalue weighted by atomic mass is 10.2. The number of nitrogens with zero attached hydrogens (tertiary/aromatic N) is 2. The molecular formula is C13H16N2O2S. The Morgan fingerprint density at radius 1 is 1.44 bits per heavy atom. The maximum atomic E-state index is 12.6. The van der Waals surface area contributed by atoms with Crippen LogP contribution < -0.4 is 0 Å². The van der Waals surface area contributed by atoms with Crippen LogP contribution in [0.4, 0.5) is 0 Å². The first-order valence-electron chi connectivity index (χ1n) is 6.23. The molecule has 1 aliphatic carbocycles. The zero-order valence-electron chi connectivity index (χ0n) is 10.4. The molecule has 1 saturated carbocycles. The van der Waals surface area contributed by atoms with Crippen LogP contribution in [0.3, 0.4) is 0 Å². The standard InChI is InChI=1S/C13H16N2O2S/c1-2-10-7-8-15-12(9-14)13(10)18(16,17)11-5-3-4-6-11/h7-8,11H,2-6H2,1H3. The van der Waals surface area contributed by atoms with Crippen molar-refractivity contribution in [2.75, 3.05) is 0 Å². The molecule has 0 radical (unpaired) electrons. The van der Waals surface area contributed by atoms with Crippen LogP contribution in [-0.2, 0) is 16.3 Å². The van der Waals surface area contributed by atoms with Crippen molar-refractivity contribution in [1.29, 1.82) is 5.26 Å². The van der Waals surface area contributed by atoms with E-state index in [0.29, 0.717) is 24.8 Å². The lowest BCUT2D eigenvalue weighted by molar-refractivity contribution is 0.577. The van der Waals surface area contributed by atoms with Crippen molar-refractivity contribution in [2.24, 2.45) is 0 Å². The Bertz CT molecular complexity index is 581. The maximum absolute atomic E-state index is 12.6. The number of nitriles is 1. The summed E-state index contributed by atoms with van der Waals surface area (Å²) in [4.78, 5) is 4.07. The van der Waals surface area contributed by atoms with Gasteiger partial charge in [-0.05, 0) is 30.9 Å². The summed E-state index contributed by atoms with van der Waals surface area (Å²) in [6.07, 6.45) is 5.40. The zero-order valence-corrected chi connectivity index (χ0v) is 11.2. The third-order valence-electron chi connectivity index (χ3n) is 3.50. The van der Waals surface area contributed by atoms with Crippen molar-refractivity contribution in [3.8, 4) is 6.07 Å². The van der Waals surface area contributed by atoms with Crippen LogP contribution in [0, 0.1) is 11.3 Å². The predicted molar refractivity (Wildman–Crippen MR) is 67.8 cm³/mol. The van der Waals surface area contributed by atoms with E-state index < -0.39 is 9.84 Å². The number of aromatic nitrogens is 1. The summed E-state index contributed by atoms with van der Waals surface area (Å²) in [6.45, 7) is 1.89. The van der Waals surface area contributed by atoms with E-state index in [1.807, 2.05) is 13.0 Å². The number of hydrogen-bond acceptors (Lipinski definition) is 4. The van der Waals surface area contributed by atoms with Gasteiger partial charge in [-0.1, -0.05) is 19.8 Å². The zero-order chi connectivity index (χ0) is 13.2. The molecule has 0 aliphatic heterocycles. The molecule has 1 aromatic heterocycles. The van der Waals surface area contributed by atoms with Crippen LogP contribution in [0.1, 0.15) is 43.9 Å². The van der Waals surface area contributed by atoms with E-state index in [1.54, 1.807) is 6.07 Å². The van der Waals surface area contributed by atoms with Gasteiger partial charge in [-0.2, -0.15) is 5.26 Å². The highest BCUT2D eigenvalue weighted by Gasteiger charge is 2.34. The van der Waals surface area contributed by atoms with Crippen LogP contribution >= 0.6 is 0 Å². The molecule has 5 heteroatoms. The highest BCUT2D eigenvalue weighted by molar-refractivity contribution is 7.92. The second kappa shape index (κ2) is 5.07. The average Bonchev–Trinajstić information content (AvgIpc) is 2.92. The molecule has 0 saturated heterocycles. The largest absolute Gasteiger partial charge is 0.244 e. The van der Waals surface area contributed by atoms with Crippen molar-refractivity contribution in [3.05, 3.63) is 23.5 Å². The van der Waals surface area contributed by atoms with Gasteiger partial charge >= 0.3 is 0 Å². The van der Waals surface area contributed by atoms with Gasteiger partial charge in [0.15, 0.2) is 15.5 Å². The third-order valence-corrected chi connectivity index (χ3v) is 5.87. The van der Waals surface area contributed by atoms with E-state index in [0.717, 1.165) is 12.8 Å². The number of pyridine rings is 1. The molecular weight excluding hydrogens is 248 g/mol. The Labute approximate surface area is 108 Å². The first-order chi connectivity index (χ1) is 8.61. The molecule has 1 heterocycles. The SMILES string of the molecule is CCc1ccnc(C#N)c1S(=O)(=O)C1CCCC1. The minimum Gasteiger partial charge on any atom is -0.244 e. The second-order valence-electron chi connectivity index (χ2n) is 4.56. The van der Waals surface area contributed by atoms with E-state index in [1.165, 1.54) is 6.20 Å². The van der Waals surface area contributed by atoms with Crippen LogP contribution in [0.25, 0.3) is 0 Å². The van der Waals surface area contributed by atoms with Crippen LogP contribution in [-0.4, -0.2) is 18.7 Å². The van der Waals surface area contributed by atoms with E-state index in [2.05, 4.69) is 4.98 Å². The van der Waals surface area contributed by atoms with Gasteiger partial charge in [0.05, 0.1) is 5.25 Å². The summed E-state index contributed by atoms with van der Waals surface area (Å²) in [6, 6.07) is 3.61. The van der Waals surface area contributed by atoms with E-state index >= 15 is 0 Å². The minimum atomic E-state index is -3.41. The maximum Gasteiger partial charge on any atom is 0.184 e. The van der Waals surface area contributed by atoms with Gasteiger partial charge in [0.2, 0.25) is 0 Å². The van der Waals surface area contributed by atoms with E-state index in [4.69, 9.17) is 5.26 Å². The summed E-state index contributed by atoms with van der Waals surface area (Å²) in [5.41, 5.74) is 0.745. The molecule has 96 valence electrons. The van der Waals surface area contributed by atoms with Gasteiger partial charge in [0, 0.05) is 6.20 Å². The molecule has 0 spiro atoms. The molecule has 18 heavy (non-hydrogen) atoms. The number of aryl methyl sites for hydroxylation is 1. The first-order valence-corrected chi connectivity index (χ1v) is 7.77. The van der Waals surface area contributed by atoms with E-state index in [9.17, 15) is 8.42 Å². The summed E-state index contributed by atoms with van der Waals surface area (Å²) < 4.78 is 25.2. The van der Waals surface area contributed by atoms with Crippen molar-refractivity contribution in [2.45, 2.75) is 49.2 Å². The molecule has 1 aliphatic rings. The Kier molecular flexibility index (Phi) is 3.67. The van der Waals surface area contributed by atoms with Crippen LogP contribution in [0.5, 0.6) is 0 Å². The van der Waals surface area contributed by atoms with Gasteiger partial charge in [-0.15, -0.1) is 0 Å². The number of sulfone groups is 1. The van der Waals surface area contributed by atoms with Gasteiger partial charge in [0.1, 0.15) is 11.0 Å². The fourth-order valence-electron chi connectivity index (χ4n) is 2.53. The summed E-state index contributed by atoms with van der Waals surface area (Å²) in [5.74, 6) is 0. The predicted octanol–water partition coefficient (Wildman–Crippen LogP) is 2.23.